The van der Waals surface area contributed by atoms with Crippen molar-refractivity contribution in [2.24, 2.45) is 0 Å². The molecule has 0 aliphatic carbocycles. The predicted molar refractivity (Wildman–Crippen MR) is 57.1 cm³/mol. The van der Waals surface area contributed by atoms with Gasteiger partial charge < -0.3 is 4.74 Å². The monoisotopic (exact) mass is 219 g/mol. The van der Waals surface area contributed by atoms with E-state index < -0.39 is 10.0 Å². The Hall–Kier alpha value is -0.550. The molecule has 1 aromatic rings. The van der Waals surface area contributed by atoms with Crippen LogP contribution >= 0.6 is 21.4 Å². The molecule has 0 fully saturated rings. The first-order valence-corrected chi connectivity index (χ1v) is 7.41. The minimum absolute atomic E-state index is 0.355. The molecule has 0 saturated heterocycles. The quantitative estimate of drug-likeness (QED) is 0.714. The van der Waals surface area contributed by atoms with E-state index in [1.54, 1.807) is 5.38 Å². The van der Waals surface area contributed by atoms with Crippen molar-refractivity contribution in [2.45, 2.75) is 4.34 Å². The summed E-state index contributed by atoms with van der Waals surface area (Å²) in [6.45, 7) is 0. The van der Waals surface area contributed by atoms with Gasteiger partial charge in [-0.05, 0) is 18.8 Å². The number of ether oxygens (including phenoxy) is 1. The topological polar surface area (TPSA) is 39.2 Å². The van der Waals surface area contributed by atoms with Crippen LogP contribution in [0.4, 0.5) is 0 Å². The molecular weight excluding hydrogens is 206 g/mol. The maximum atomic E-state index is 11.1. The van der Waals surface area contributed by atoms with Crippen LogP contribution in [-0.4, -0.2) is 36.8 Å². The summed E-state index contributed by atoms with van der Waals surface area (Å²) in [6, 6.07) is 0. The summed E-state index contributed by atoms with van der Waals surface area (Å²) in [6.07, 6.45) is 6.44. The van der Waals surface area contributed by atoms with Gasteiger partial charge in [0, 0.05) is 5.38 Å². The van der Waals surface area contributed by atoms with Crippen molar-refractivity contribution in [1.29, 1.82) is 0 Å². The van der Waals surface area contributed by atoms with Crippen molar-refractivity contribution >= 4 is 27.3 Å². The first-order valence-electron chi connectivity index (χ1n) is 3.67. The van der Waals surface area contributed by atoms with Gasteiger partial charge in [0.1, 0.15) is 4.34 Å². The standard InChI is InChI=1S/C8H13NO2S2/c1-11-7(10)6-5-12-8(9-6)13(2,3)4/h5H,1-4H3. The number of esters is 1. The van der Waals surface area contributed by atoms with Crippen molar-refractivity contribution in [3.05, 3.63) is 11.1 Å². The Balaban J connectivity index is 2.93. The first-order chi connectivity index (χ1) is 5.95. The molecule has 0 radical (unpaired) electrons. The number of carbonyl (C=O) groups is 1. The summed E-state index contributed by atoms with van der Waals surface area (Å²) in [5.74, 6) is -0.355. The van der Waals surface area contributed by atoms with E-state index in [-0.39, 0.29) is 5.97 Å². The summed E-state index contributed by atoms with van der Waals surface area (Å²) >= 11 is 1.53. The molecule has 13 heavy (non-hydrogen) atoms. The second-order valence-corrected chi connectivity index (χ2v) is 8.50. The maximum absolute atomic E-state index is 11.1. The molecular formula is C8H13NO2S2. The average Bonchev–Trinajstić information content (AvgIpc) is 2.50. The number of hydrogen-bond donors (Lipinski definition) is 0. The first kappa shape index (κ1) is 10.5. The highest BCUT2D eigenvalue weighted by molar-refractivity contribution is 8.33. The molecule has 0 aliphatic rings. The molecule has 0 saturated carbocycles. The molecule has 5 heteroatoms. The lowest BCUT2D eigenvalue weighted by atomic mass is 10.5. The SMILES string of the molecule is COC(=O)c1csc(S(C)(C)C)n1. The van der Waals surface area contributed by atoms with E-state index in [1.807, 2.05) is 0 Å². The van der Waals surface area contributed by atoms with Crippen LogP contribution in [0.25, 0.3) is 0 Å². The zero-order valence-corrected chi connectivity index (χ0v) is 9.79. The maximum Gasteiger partial charge on any atom is 0.357 e. The molecule has 1 heterocycles. The zero-order chi connectivity index (χ0) is 10.1. The second-order valence-electron chi connectivity index (χ2n) is 3.33. The lowest BCUT2D eigenvalue weighted by Gasteiger charge is -2.20. The molecule has 3 nitrogen and oxygen atoms in total. The number of aromatic nitrogens is 1. The van der Waals surface area contributed by atoms with Gasteiger partial charge in [0.15, 0.2) is 5.69 Å². The van der Waals surface area contributed by atoms with Crippen molar-refractivity contribution in [1.82, 2.24) is 4.98 Å². The molecule has 0 spiro atoms. The molecule has 0 aliphatic heterocycles. The van der Waals surface area contributed by atoms with Crippen molar-refractivity contribution in [3.63, 3.8) is 0 Å². The Kier molecular flexibility index (Phi) is 2.98. The van der Waals surface area contributed by atoms with Crippen LogP contribution in [-0.2, 0) is 4.74 Å². The fourth-order valence-electron chi connectivity index (χ4n) is 0.737. The number of carbonyl (C=O) groups excluding carboxylic acids is 1. The summed E-state index contributed by atoms with van der Waals surface area (Å²) in [4.78, 5) is 15.3. The Morgan fingerprint density at radius 2 is 2.15 bits per heavy atom. The van der Waals surface area contributed by atoms with Gasteiger partial charge in [0.25, 0.3) is 0 Å². The number of nitrogens with zero attached hydrogens (tertiary/aromatic N) is 1. The van der Waals surface area contributed by atoms with Crippen LogP contribution in [0, 0.1) is 0 Å². The number of rotatable bonds is 2. The van der Waals surface area contributed by atoms with Crippen LogP contribution in [0.15, 0.2) is 9.72 Å². The smallest absolute Gasteiger partial charge is 0.357 e. The minimum Gasteiger partial charge on any atom is -0.464 e. The van der Waals surface area contributed by atoms with Crippen molar-refractivity contribution in [3.8, 4) is 0 Å². The van der Waals surface area contributed by atoms with E-state index in [4.69, 9.17) is 0 Å². The summed E-state index contributed by atoms with van der Waals surface area (Å²) in [5, 5.41) is 1.75. The van der Waals surface area contributed by atoms with Gasteiger partial charge in [-0.1, -0.05) is 0 Å². The van der Waals surface area contributed by atoms with E-state index in [9.17, 15) is 4.79 Å². The molecule has 1 aromatic heterocycles. The Morgan fingerprint density at radius 3 is 2.54 bits per heavy atom. The molecule has 0 atom stereocenters. The van der Waals surface area contributed by atoms with Gasteiger partial charge in [-0.3, -0.25) is 0 Å². The highest BCUT2D eigenvalue weighted by atomic mass is 32.3. The van der Waals surface area contributed by atoms with E-state index in [2.05, 4.69) is 28.5 Å². The van der Waals surface area contributed by atoms with Crippen molar-refractivity contribution < 1.29 is 9.53 Å². The number of thiazole rings is 1. The molecule has 0 N–H and O–H groups in total. The minimum atomic E-state index is -0.824. The van der Waals surface area contributed by atoms with Crippen molar-refractivity contribution in [2.75, 3.05) is 25.9 Å². The molecule has 0 amide bonds. The molecule has 1 rings (SSSR count). The van der Waals surface area contributed by atoms with Crippen LogP contribution in [0.2, 0.25) is 0 Å². The fraction of sp³-hybridized carbons (Fsp3) is 0.500. The van der Waals surface area contributed by atoms with Crippen LogP contribution in [0.1, 0.15) is 10.5 Å². The highest BCUT2D eigenvalue weighted by Crippen LogP contribution is 2.46. The normalized spacial score (nSPS) is 12.6. The van der Waals surface area contributed by atoms with Gasteiger partial charge >= 0.3 is 5.97 Å². The van der Waals surface area contributed by atoms with Crippen LogP contribution in [0.5, 0.6) is 0 Å². The third kappa shape index (κ3) is 2.45. The van der Waals surface area contributed by atoms with Gasteiger partial charge in [-0.25, -0.2) is 9.78 Å². The van der Waals surface area contributed by atoms with Gasteiger partial charge in [-0.2, -0.15) is 10.0 Å². The molecule has 0 aromatic carbocycles. The summed E-state index contributed by atoms with van der Waals surface area (Å²) in [7, 11) is 0.542. The Bertz CT molecular complexity index is 314. The summed E-state index contributed by atoms with van der Waals surface area (Å²) < 4.78 is 5.61. The lowest BCUT2D eigenvalue weighted by Crippen LogP contribution is -2.02. The third-order valence-electron chi connectivity index (χ3n) is 1.40. The molecule has 0 bridgehead atoms. The van der Waals surface area contributed by atoms with Gasteiger partial charge in [-0.15, -0.1) is 11.3 Å². The Morgan fingerprint density at radius 1 is 1.54 bits per heavy atom. The number of methoxy groups -OCH3 is 1. The van der Waals surface area contributed by atoms with E-state index >= 15 is 0 Å². The zero-order valence-electron chi connectivity index (χ0n) is 8.16. The average molecular weight is 219 g/mol. The molecule has 0 unspecified atom stereocenters. The van der Waals surface area contributed by atoms with E-state index in [0.29, 0.717) is 5.69 Å². The predicted octanol–water partition coefficient (Wildman–Crippen LogP) is 1.98. The lowest BCUT2D eigenvalue weighted by molar-refractivity contribution is 0.0594. The number of hydrogen-bond acceptors (Lipinski definition) is 4. The van der Waals surface area contributed by atoms with E-state index in [1.165, 1.54) is 18.4 Å². The van der Waals surface area contributed by atoms with Gasteiger partial charge in [0.05, 0.1) is 7.11 Å². The second kappa shape index (κ2) is 3.67. The molecule has 74 valence electrons. The van der Waals surface area contributed by atoms with Gasteiger partial charge in [0.2, 0.25) is 0 Å². The summed E-state index contributed by atoms with van der Waals surface area (Å²) in [5.41, 5.74) is 0.421. The van der Waals surface area contributed by atoms with E-state index in [0.717, 1.165) is 4.34 Å². The van der Waals surface area contributed by atoms with Crippen LogP contribution < -0.4 is 0 Å². The third-order valence-corrected chi connectivity index (χ3v) is 4.96. The Labute approximate surface area is 83.5 Å². The van der Waals surface area contributed by atoms with Crippen LogP contribution in [0.3, 0.4) is 0 Å². The fourth-order valence-corrected chi connectivity index (χ4v) is 2.92. The highest BCUT2D eigenvalue weighted by Gasteiger charge is 2.16. The largest absolute Gasteiger partial charge is 0.464 e.